The number of carboxylic acid groups (broad SMARTS) is 1. The molecule has 0 bridgehead atoms. The highest BCUT2D eigenvalue weighted by Crippen LogP contribution is 2.41. The lowest BCUT2D eigenvalue weighted by atomic mass is 10.1. The van der Waals surface area contributed by atoms with Crippen LogP contribution in [0.3, 0.4) is 0 Å². The van der Waals surface area contributed by atoms with Gasteiger partial charge in [-0.2, -0.15) is 0 Å². The zero-order valence-electron chi connectivity index (χ0n) is 9.54. The number of ether oxygens (including phenoxy) is 2. The Bertz CT molecular complexity index is 476. The van der Waals surface area contributed by atoms with Crippen molar-refractivity contribution in [3.63, 3.8) is 0 Å². The zero-order chi connectivity index (χ0) is 13.1. The molecule has 0 saturated carbocycles. The Morgan fingerprint density at radius 2 is 2.17 bits per heavy atom. The summed E-state index contributed by atoms with van der Waals surface area (Å²) in [7, 11) is 0. The van der Waals surface area contributed by atoms with Gasteiger partial charge < -0.3 is 14.6 Å². The molecule has 0 spiro atoms. The molecule has 6 heteroatoms. The number of fused-ring (bicyclic) bond motifs is 1. The SMILES string of the molecule is O=C(O)CCCc1c(F)cc2c(c1Br)OCCO2. The highest BCUT2D eigenvalue weighted by molar-refractivity contribution is 9.10. The van der Waals surface area contributed by atoms with Crippen LogP contribution in [0.15, 0.2) is 10.5 Å². The van der Waals surface area contributed by atoms with E-state index in [0.29, 0.717) is 47.6 Å². The molecule has 0 amide bonds. The van der Waals surface area contributed by atoms with E-state index in [1.54, 1.807) is 0 Å². The molecular formula is C12H12BrFO4. The first-order valence-electron chi connectivity index (χ1n) is 5.58. The van der Waals surface area contributed by atoms with Crippen molar-refractivity contribution in [2.45, 2.75) is 19.3 Å². The summed E-state index contributed by atoms with van der Waals surface area (Å²) < 4.78 is 25.1. The largest absolute Gasteiger partial charge is 0.486 e. The van der Waals surface area contributed by atoms with Gasteiger partial charge in [0.25, 0.3) is 0 Å². The van der Waals surface area contributed by atoms with E-state index in [9.17, 15) is 9.18 Å². The van der Waals surface area contributed by atoms with E-state index in [0.717, 1.165) is 0 Å². The summed E-state index contributed by atoms with van der Waals surface area (Å²) in [5.41, 5.74) is 0.431. The molecule has 1 N–H and O–H groups in total. The highest BCUT2D eigenvalue weighted by atomic mass is 79.9. The predicted molar refractivity (Wildman–Crippen MR) is 65.7 cm³/mol. The van der Waals surface area contributed by atoms with Gasteiger partial charge in [-0.05, 0) is 28.8 Å². The second kappa shape index (κ2) is 5.56. The van der Waals surface area contributed by atoms with Gasteiger partial charge in [0, 0.05) is 18.1 Å². The van der Waals surface area contributed by atoms with Crippen molar-refractivity contribution in [3.8, 4) is 11.5 Å². The third-order valence-corrected chi connectivity index (χ3v) is 3.48. The van der Waals surface area contributed by atoms with Gasteiger partial charge in [-0.1, -0.05) is 0 Å². The Morgan fingerprint density at radius 1 is 1.44 bits per heavy atom. The molecule has 1 aromatic carbocycles. The van der Waals surface area contributed by atoms with Crippen LogP contribution in [0.5, 0.6) is 11.5 Å². The van der Waals surface area contributed by atoms with E-state index in [1.807, 2.05) is 0 Å². The van der Waals surface area contributed by atoms with Crippen molar-refractivity contribution in [1.82, 2.24) is 0 Å². The Morgan fingerprint density at radius 3 is 2.89 bits per heavy atom. The molecule has 0 fully saturated rings. The number of aliphatic carboxylic acids is 1. The highest BCUT2D eigenvalue weighted by Gasteiger charge is 2.21. The first-order valence-corrected chi connectivity index (χ1v) is 6.37. The van der Waals surface area contributed by atoms with Crippen molar-refractivity contribution in [2.75, 3.05) is 13.2 Å². The minimum Gasteiger partial charge on any atom is -0.486 e. The Kier molecular flexibility index (Phi) is 4.06. The van der Waals surface area contributed by atoms with Gasteiger partial charge in [0.05, 0.1) is 4.47 Å². The fraction of sp³-hybridized carbons (Fsp3) is 0.417. The van der Waals surface area contributed by atoms with E-state index < -0.39 is 11.8 Å². The van der Waals surface area contributed by atoms with Gasteiger partial charge in [-0.25, -0.2) is 4.39 Å². The molecule has 0 aromatic heterocycles. The molecular weight excluding hydrogens is 307 g/mol. The summed E-state index contributed by atoms with van der Waals surface area (Å²) in [6, 6.07) is 1.29. The van der Waals surface area contributed by atoms with E-state index in [1.165, 1.54) is 6.07 Å². The normalized spacial score (nSPS) is 13.4. The molecule has 4 nitrogen and oxygen atoms in total. The molecule has 1 aliphatic heterocycles. The molecule has 1 aromatic rings. The molecule has 0 atom stereocenters. The lowest BCUT2D eigenvalue weighted by Crippen LogP contribution is -2.16. The van der Waals surface area contributed by atoms with Crippen LogP contribution in [0.4, 0.5) is 4.39 Å². The maximum Gasteiger partial charge on any atom is 0.303 e. The Balaban J connectivity index is 2.21. The van der Waals surface area contributed by atoms with Crippen molar-refractivity contribution < 1.29 is 23.8 Å². The minimum atomic E-state index is -0.885. The first kappa shape index (κ1) is 13.1. The maximum atomic E-state index is 13.8. The molecule has 18 heavy (non-hydrogen) atoms. The van der Waals surface area contributed by atoms with Gasteiger partial charge in [-0.3, -0.25) is 4.79 Å². The zero-order valence-corrected chi connectivity index (χ0v) is 11.1. The van der Waals surface area contributed by atoms with Crippen LogP contribution in [0.2, 0.25) is 0 Å². The van der Waals surface area contributed by atoms with Crippen LogP contribution in [-0.2, 0) is 11.2 Å². The lowest BCUT2D eigenvalue weighted by molar-refractivity contribution is -0.137. The van der Waals surface area contributed by atoms with Crippen LogP contribution in [-0.4, -0.2) is 24.3 Å². The fourth-order valence-corrected chi connectivity index (χ4v) is 2.50. The van der Waals surface area contributed by atoms with Crippen LogP contribution in [0.1, 0.15) is 18.4 Å². The monoisotopic (exact) mass is 318 g/mol. The third-order valence-electron chi connectivity index (χ3n) is 2.64. The molecule has 1 aliphatic rings. The standard InChI is InChI=1S/C12H12BrFO4/c13-11-7(2-1-3-10(15)16)8(14)6-9-12(11)18-5-4-17-9/h6H,1-5H2,(H,15,16). The van der Waals surface area contributed by atoms with Crippen LogP contribution in [0, 0.1) is 5.82 Å². The van der Waals surface area contributed by atoms with Crippen LogP contribution < -0.4 is 9.47 Å². The van der Waals surface area contributed by atoms with E-state index in [4.69, 9.17) is 14.6 Å². The van der Waals surface area contributed by atoms with E-state index in [-0.39, 0.29) is 6.42 Å². The number of benzene rings is 1. The topological polar surface area (TPSA) is 55.8 Å². The second-order valence-electron chi connectivity index (χ2n) is 3.92. The lowest BCUT2D eigenvalue weighted by Gasteiger charge is -2.21. The first-order chi connectivity index (χ1) is 8.59. The Hall–Kier alpha value is -1.30. The average Bonchev–Trinajstić information content (AvgIpc) is 2.33. The van der Waals surface area contributed by atoms with E-state index in [2.05, 4.69) is 15.9 Å². The fourth-order valence-electron chi connectivity index (χ4n) is 1.80. The maximum absolute atomic E-state index is 13.8. The summed E-state index contributed by atoms with van der Waals surface area (Å²) in [4.78, 5) is 10.4. The summed E-state index contributed by atoms with van der Waals surface area (Å²) in [6.07, 6.45) is 0.736. The van der Waals surface area contributed by atoms with Gasteiger partial charge in [0.2, 0.25) is 0 Å². The molecule has 0 radical (unpaired) electrons. The van der Waals surface area contributed by atoms with Gasteiger partial charge in [-0.15, -0.1) is 0 Å². The van der Waals surface area contributed by atoms with Gasteiger partial charge in [0.15, 0.2) is 11.5 Å². The number of rotatable bonds is 4. The smallest absolute Gasteiger partial charge is 0.303 e. The van der Waals surface area contributed by atoms with Crippen LogP contribution in [0.25, 0.3) is 0 Å². The molecule has 98 valence electrons. The quantitative estimate of drug-likeness (QED) is 0.927. The van der Waals surface area contributed by atoms with Crippen molar-refractivity contribution in [1.29, 1.82) is 0 Å². The van der Waals surface area contributed by atoms with Crippen molar-refractivity contribution in [2.24, 2.45) is 0 Å². The average molecular weight is 319 g/mol. The minimum absolute atomic E-state index is 0.0142. The summed E-state index contributed by atoms with van der Waals surface area (Å²) in [6.45, 7) is 0.822. The number of hydrogen-bond donors (Lipinski definition) is 1. The Labute approximate surface area is 112 Å². The molecule has 1 heterocycles. The molecule has 2 rings (SSSR count). The molecule has 0 unspecified atom stereocenters. The van der Waals surface area contributed by atoms with Crippen molar-refractivity contribution >= 4 is 21.9 Å². The second-order valence-corrected chi connectivity index (χ2v) is 4.72. The van der Waals surface area contributed by atoms with Crippen LogP contribution >= 0.6 is 15.9 Å². The predicted octanol–water partition coefficient (Wildman–Crippen LogP) is 2.77. The number of halogens is 2. The molecule has 0 saturated heterocycles. The number of carboxylic acids is 1. The van der Waals surface area contributed by atoms with Gasteiger partial charge in [0.1, 0.15) is 19.0 Å². The third kappa shape index (κ3) is 2.75. The summed E-state index contributed by atoms with van der Waals surface area (Å²) in [5, 5.41) is 8.57. The number of hydrogen-bond acceptors (Lipinski definition) is 3. The summed E-state index contributed by atoms with van der Waals surface area (Å²) >= 11 is 3.29. The van der Waals surface area contributed by atoms with Gasteiger partial charge >= 0.3 is 5.97 Å². The molecule has 0 aliphatic carbocycles. The summed E-state index contributed by atoms with van der Waals surface area (Å²) in [5.74, 6) is -0.416. The van der Waals surface area contributed by atoms with E-state index >= 15 is 0 Å². The van der Waals surface area contributed by atoms with Crippen molar-refractivity contribution in [3.05, 3.63) is 21.9 Å². The number of carbonyl (C=O) groups is 1.